The molecule has 256 valence electrons. The van der Waals surface area contributed by atoms with Crippen LogP contribution in [0.2, 0.25) is 0 Å². The average Bonchev–Trinajstić information content (AvgIpc) is 3.45. The van der Waals surface area contributed by atoms with Gasteiger partial charge in [-0.3, -0.25) is 24.0 Å². The van der Waals surface area contributed by atoms with E-state index >= 15 is 0 Å². The number of aliphatic carboxylic acids is 1. The molecule has 0 radical (unpaired) electrons. The zero-order valence-electron chi connectivity index (χ0n) is 27.7. The van der Waals surface area contributed by atoms with E-state index in [9.17, 15) is 44.1 Å². The molecule has 15 nitrogen and oxygen atoms in total. The lowest BCUT2D eigenvalue weighted by molar-refractivity contribution is -0.153. The number of likely N-dealkylation sites (N-methyl/N-ethyl adjacent to an activating group) is 2. The third kappa shape index (κ3) is 8.65. The van der Waals surface area contributed by atoms with Crippen molar-refractivity contribution in [2.75, 3.05) is 32.9 Å². The standard InChI is InChI=1S/C31H48N6O9/c1-15(2)23(33-28(42)24(18(6)38)34-27(41)19-12-11-17(5)26(40)22(19)32)30(44)37-13-9-10-20(37)29(43)35(7)14-21(39)36(8)25(16(3)4)31(45)46/h11-12,15-16,18,20,23-25,38,40H,9-10,13-14,32H2,1-8H3,(H,33,42)(H,34,41)(H,45,46)/t18-,20+,23-,24+,25+/m1/s1. The highest BCUT2D eigenvalue weighted by atomic mass is 16.4. The first-order chi connectivity index (χ1) is 21.3. The highest BCUT2D eigenvalue weighted by Gasteiger charge is 2.41. The van der Waals surface area contributed by atoms with Crippen molar-refractivity contribution in [3.63, 3.8) is 0 Å². The van der Waals surface area contributed by atoms with Gasteiger partial charge in [-0.15, -0.1) is 0 Å². The van der Waals surface area contributed by atoms with Crippen molar-refractivity contribution in [3.8, 4) is 5.75 Å². The number of hydrogen-bond acceptors (Lipinski definition) is 9. The van der Waals surface area contributed by atoms with E-state index in [0.29, 0.717) is 18.4 Å². The molecule has 5 amide bonds. The number of aliphatic hydroxyl groups excluding tert-OH is 1. The Kier molecular flexibility index (Phi) is 12.9. The lowest BCUT2D eigenvalue weighted by atomic mass is 10.0. The van der Waals surface area contributed by atoms with Gasteiger partial charge in [0.25, 0.3) is 5.91 Å². The molecule has 0 saturated carbocycles. The maximum absolute atomic E-state index is 13.8. The van der Waals surface area contributed by atoms with Gasteiger partial charge >= 0.3 is 5.97 Å². The zero-order valence-corrected chi connectivity index (χ0v) is 27.7. The number of carbonyl (C=O) groups excluding carboxylic acids is 5. The number of hydrogen-bond donors (Lipinski definition) is 6. The molecule has 1 heterocycles. The second-order valence-electron chi connectivity index (χ2n) is 12.5. The average molecular weight is 649 g/mol. The van der Waals surface area contributed by atoms with Crippen molar-refractivity contribution in [2.24, 2.45) is 11.8 Å². The molecule has 0 bridgehead atoms. The van der Waals surface area contributed by atoms with Crippen LogP contribution in [0.25, 0.3) is 0 Å². The lowest BCUT2D eigenvalue weighted by Gasteiger charge is -2.34. The molecule has 7 N–H and O–H groups in total. The molecule has 1 aliphatic rings. The van der Waals surface area contributed by atoms with Gasteiger partial charge in [-0.05, 0) is 50.2 Å². The summed E-state index contributed by atoms with van der Waals surface area (Å²) in [6.45, 7) is 9.44. The number of carboxylic acids is 1. The number of amides is 5. The number of nitrogen functional groups attached to an aromatic ring is 1. The van der Waals surface area contributed by atoms with Gasteiger partial charge in [0.1, 0.15) is 29.9 Å². The summed E-state index contributed by atoms with van der Waals surface area (Å²) >= 11 is 0. The van der Waals surface area contributed by atoms with Gasteiger partial charge in [0.2, 0.25) is 23.6 Å². The fraction of sp³-hybridized carbons (Fsp3) is 0.613. The highest BCUT2D eigenvalue weighted by molar-refractivity contribution is 6.03. The Morgan fingerprint density at radius 3 is 2.13 bits per heavy atom. The Morgan fingerprint density at radius 1 is 1.00 bits per heavy atom. The number of aliphatic hydroxyl groups is 1. The van der Waals surface area contributed by atoms with E-state index in [-0.39, 0.29) is 29.5 Å². The van der Waals surface area contributed by atoms with Crippen molar-refractivity contribution in [1.82, 2.24) is 25.3 Å². The van der Waals surface area contributed by atoms with Crippen molar-refractivity contribution in [1.29, 1.82) is 0 Å². The van der Waals surface area contributed by atoms with Crippen LogP contribution in [0.5, 0.6) is 5.75 Å². The summed E-state index contributed by atoms with van der Waals surface area (Å²) < 4.78 is 0. The fourth-order valence-corrected chi connectivity index (χ4v) is 5.46. The molecule has 2 rings (SSSR count). The molecule has 1 aromatic rings. The predicted octanol–water partition coefficient (Wildman–Crippen LogP) is -0.0802. The maximum atomic E-state index is 13.8. The van der Waals surface area contributed by atoms with Gasteiger partial charge in [-0.25, -0.2) is 4.79 Å². The Balaban J connectivity index is 2.19. The van der Waals surface area contributed by atoms with Crippen molar-refractivity contribution in [2.45, 2.75) is 84.7 Å². The van der Waals surface area contributed by atoms with Crippen LogP contribution in [-0.2, 0) is 24.0 Å². The highest BCUT2D eigenvalue weighted by Crippen LogP contribution is 2.28. The molecular formula is C31H48N6O9. The number of aromatic hydroxyl groups is 1. The van der Waals surface area contributed by atoms with Gasteiger partial charge in [0.05, 0.1) is 23.9 Å². The largest absolute Gasteiger partial charge is 0.505 e. The molecular weight excluding hydrogens is 600 g/mol. The van der Waals surface area contributed by atoms with Crippen LogP contribution in [0.1, 0.15) is 63.4 Å². The van der Waals surface area contributed by atoms with Crippen LogP contribution in [0.3, 0.4) is 0 Å². The summed E-state index contributed by atoms with van der Waals surface area (Å²) in [6.07, 6.45) is -0.568. The van der Waals surface area contributed by atoms with Crippen molar-refractivity contribution >= 4 is 41.2 Å². The van der Waals surface area contributed by atoms with Gasteiger partial charge in [0.15, 0.2) is 0 Å². The molecule has 1 aliphatic heterocycles. The van der Waals surface area contributed by atoms with Gasteiger partial charge in [-0.2, -0.15) is 0 Å². The smallest absolute Gasteiger partial charge is 0.326 e. The Hall–Kier alpha value is -4.40. The quantitative estimate of drug-likeness (QED) is 0.123. The van der Waals surface area contributed by atoms with Gasteiger partial charge in [-0.1, -0.05) is 33.8 Å². The molecule has 0 unspecified atom stereocenters. The lowest BCUT2D eigenvalue weighted by Crippen LogP contribution is -2.60. The summed E-state index contributed by atoms with van der Waals surface area (Å²) in [6, 6.07) is -1.77. The molecule has 0 aromatic heterocycles. The second-order valence-corrected chi connectivity index (χ2v) is 12.5. The first-order valence-electron chi connectivity index (χ1n) is 15.2. The number of rotatable bonds is 13. The SMILES string of the molecule is Cc1ccc(C(=O)N[C@H](C(=O)N[C@@H](C(=O)N2CCC[C@H]2C(=O)N(C)CC(=O)N(C)[C@H](C(=O)O)C(C)C)C(C)C)[C@@H](C)O)c(N)c1O. The minimum atomic E-state index is -1.49. The zero-order chi connectivity index (χ0) is 35.2. The number of phenolic OH excluding ortho intramolecular Hbond substituents is 1. The number of carboxylic acid groups (broad SMARTS) is 1. The van der Waals surface area contributed by atoms with E-state index in [1.807, 2.05) is 0 Å². The van der Waals surface area contributed by atoms with Crippen molar-refractivity contribution in [3.05, 3.63) is 23.3 Å². The van der Waals surface area contributed by atoms with E-state index in [1.165, 1.54) is 38.1 Å². The molecule has 0 aliphatic carbocycles. The van der Waals surface area contributed by atoms with E-state index in [0.717, 1.165) is 9.80 Å². The molecule has 46 heavy (non-hydrogen) atoms. The van der Waals surface area contributed by atoms with Crippen LogP contribution in [0.4, 0.5) is 5.69 Å². The number of nitrogens with zero attached hydrogens (tertiary/aromatic N) is 3. The number of nitrogens with two attached hydrogens (primary N) is 1. The number of aryl methyl sites for hydroxylation is 1. The summed E-state index contributed by atoms with van der Waals surface area (Å²) in [4.78, 5) is 81.7. The summed E-state index contributed by atoms with van der Waals surface area (Å²) in [5.41, 5.74) is 6.03. The van der Waals surface area contributed by atoms with Crippen molar-refractivity contribution < 1.29 is 44.1 Å². The van der Waals surface area contributed by atoms with Crippen LogP contribution < -0.4 is 16.4 Å². The number of nitrogens with one attached hydrogen (secondary N) is 2. The molecule has 5 atom stereocenters. The second kappa shape index (κ2) is 15.7. The minimum Gasteiger partial charge on any atom is -0.505 e. The topological polar surface area (TPSA) is 223 Å². The van der Waals surface area contributed by atoms with Crippen LogP contribution in [-0.4, -0.2) is 123 Å². The molecule has 0 spiro atoms. The Labute approximate surface area is 269 Å². The third-order valence-corrected chi connectivity index (χ3v) is 8.21. The first-order valence-corrected chi connectivity index (χ1v) is 15.2. The molecule has 15 heteroatoms. The molecule has 1 fully saturated rings. The minimum absolute atomic E-state index is 0.104. The van der Waals surface area contributed by atoms with Gasteiger partial charge in [0, 0.05) is 20.6 Å². The van der Waals surface area contributed by atoms with E-state index in [2.05, 4.69) is 10.6 Å². The van der Waals surface area contributed by atoms with E-state index in [1.54, 1.807) is 34.6 Å². The number of carbonyl (C=O) groups is 6. The number of phenols is 1. The summed E-state index contributed by atoms with van der Waals surface area (Å²) in [5, 5.41) is 35.0. The number of likely N-dealkylation sites (tertiary alicyclic amines) is 1. The monoisotopic (exact) mass is 648 g/mol. The van der Waals surface area contributed by atoms with Crippen LogP contribution in [0, 0.1) is 18.8 Å². The Bertz CT molecular complexity index is 1330. The van der Waals surface area contributed by atoms with Gasteiger partial charge < -0.3 is 46.4 Å². The Morgan fingerprint density at radius 2 is 1.61 bits per heavy atom. The normalized spacial score (nSPS) is 17.2. The number of anilines is 1. The summed E-state index contributed by atoms with van der Waals surface area (Å²) in [5.74, 6) is -5.58. The van der Waals surface area contributed by atoms with E-state index in [4.69, 9.17) is 5.73 Å². The number of benzene rings is 1. The van der Waals surface area contributed by atoms with Crippen LogP contribution >= 0.6 is 0 Å². The van der Waals surface area contributed by atoms with Crippen LogP contribution in [0.15, 0.2) is 12.1 Å². The van der Waals surface area contributed by atoms with E-state index < -0.39 is 78.2 Å². The summed E-state index contributed by atoms with van der Waals surface area (Å²) in [7, 11) is 2.77. The molecule has 1 aromatic carbocycles. The third-order valence-electron chi connectivity index (χ3n) is 8.21. The first kappa shape index (κ1) is 37.8. The predicted molar refractivity (Wildman–Crippen MR) is 168 cm³/mol. The fourth-order valence-electron chi connectivity index (χ4n) is 5.46. The maximum Gasteiger partial charge on any atom is 0.326 e. The molecule has 1 saturated heterocycles.